The molecule has 0 bridgehead atoms. The first-order valence-corrected chi connectivity index (χ1v) is 6.90. The number of hydrogen-bond acceptors (Lipinski definition) is 4. The van der Waals surface area contributed by atoms with E-state index in [1.807, 2.05) is 0 Å². The zero-order chi connectivity index (χ0) is 13.0. The molecule has 0 amide bonds. The van der Waals surface area contributed by atoms with Gasteiger partial charge in [0, 0.05) is 23.7 Å². The summed E-state index contributed by atoms with van der Waals surface area (Å²) >= 11 is 1.23. The lowest BCUT2D eigenvalue weighted by Crippen LogP contribution is -2.10. The third-order valence-electron chi connectivity index (χ3n) is 3.19. The SMILES string of the molecule is CC1CCC(=NSc2ccccc2[N+](=O)[O-])CC1. The first-order valence-electron chi connectivity index (χ1n) is 6.13. The van der Waals surface area contributed by atoms with Crippen LogP contribution in [0.15, 0.2) is 33.6 Å². The molecule has 1 aliphatic carbocycles. The van der Waals surface area contributed by atoms with Gasteiger partial charge < -0.3 is 0 Å². The first kappa shape index (κ1) is 13.1. The van der Waals surface area contributed by atoms with Gasteiger partial charge >= 0.3 is 0 Å². The van der Waals surface area contributed by atoms with Crippen molar-refractivity contribution in [3.8, 4) is 0 Å². The fourth-order valence-electron chi connectivity index (χ4n) is 1.99. The maximum atomic E-state index is 10.9. The quantitative estimate of drug-likeness (QED) is 0.466. The molecule has 2 rings (SSSR count). The van der Waals surface area contributed by atoms with Crippen LogP contribution in [0.2, 0.25) is 0 Å². The highest BCUT2D eigenvalue weighted by atomic mass is 32.2. The van der Waals surface area contributed by atoms with E-state index in [2.05, 4.69) is 11.3 Å². The second-order valence-corrected chi connectivity index (χ2v) is 5.46. The summed E-state index contributed by atoms with van der Waals surface area (Å²) < 4.78 is 4.46. The van der Waals surface area contributed by atoms with E-state index in [0.29, 0.717) is 4.90 Å². The highest BCUT2D eigenvalue weighted by Gasteiger charge is 2.15. The lowest BCUT2D eigenvalue weighted by atomic mass is 9.90. The largest absolute Gasteiger partial charge is 0.284 e. The molecule has 0 heterocycles. The van der Waals surface area contributed by atoms with E-state index in [0.717, 1.165) is 18.8 Å². The van der Waals surface area contributed by atoms with Gasteiger partial charge in [0.1, 0.15) is 4.90 Å². The van der Waals surface area contributed by atoms with Crippen molar-refractivity contribution in [2.24, 2.45) is 10.3 Å². The number of benzene rings is 1. The van der Waals surface area contributed by atoms with Crippen molar-refractivity contribution in [3.63, 3.8) is 0 Å². The lowest BCUT2D eigenvalue weighted by molar-refractivity contribution is -0.387. The van der Waals surface area contributed by atoms with Crippen molar-refractivity contribution in [1.82, 2.24) is 0 Å². The topological polar surface area (TPSA) is 55.5 Å². The van der Waals surface area contributed by atoms with Crippen molar-refractivity contribution in [1.29, 1.82) is 0 Å². The minimum Gasteiger partial charge on any atom is -0.258 e. The van der Waals surface area contributed by atoms with Gasteiger partial charge in [-0.1, -0.05) is 19.1 Å². The number of nitro groups is 1. The van der Waals surface area contributed by atoms with Crippen molar-refractivity contribution >= 4 is 23.3 Å². The van der Waals surface area contributed by atoms with Gasteiger partial charge in [0.25, 0.3) is 5.69 Å². The first-order chi connectivity index (χ1) is 8.66. The predicted molar refractivity (Wildman–Crippen MR) is 74.0 cm³/mol. The third kappa shape index (κ3) is 3.32. The second kappa shape index (κ2) is 6.00. The molecule has 1 saturated carbocycles. The molecule has 1 aromatic rings. The summed E-state index contributed by atoms with van der Waals surface area (Å²) in [6.07, 6.45) is 4.40. The summed E-state index contributed by atoms with van der Waals surface area (Å²) in [7, 11) is 0. The molecule has 5 heteroatoms. The van der Waals surface area contributed by atoms with Gasteiger partial charge in [-0.2, -0.15) is 0 Å². The maximum Gasteiger partial charge on any atom is 0.284 e. The van der Waals surface area contributed by atoms with Crippen molar-refractivity contribution in [3.05, 3.63) is 34.4 Å². The van der Waals surface area contributed by atoms with Crippen LogP contribution in [0.25, 0.3) is 0 Å². The van der Waals surface area contributed by atoms with Crippen LogP contribution in [0.1, 0.15) is 32.6 Å². The zero-order valence-corrected chi connectivity index (χ0v) is 11.2. The molecule has 0 aliphatic heterocycles. The van der Waals surface area contributed by atoms with Gasteiger partial charge in [-0.3, -0.25) is 10.1 Å². The van der Waals surface area contributed by atoms with E-state index >= 15 is 0 Å². The Morgan fingerprint density at radius 2 is 2.00 bits per heavy atom. The average molecular weight is 264 g/mol. The molecule has 1 fully saturated rings. The van der Waals surface area contributed by atoms with E-state index in [1.54, 1.807) is 18.2 Å². The summed E-state index contributed by atoms with van der Waals surface area (Å²) in [6.45, 7) is 2.26. The molecule has 1 aromatic carbocycles. The van der Waals surface area contributed by atoms with E-state index in [1.165, 1.54) is 36.6 Å². The highest BCUT2D eigenvalue weighted by Crippen LogP contribution is 2.31. The van der Waals surface area contributed by atoms with Crippen LogP contribution in [0, 0.1) is 16.0 Å². The molecule has 0 radical (unpaired) electrons. The monoisotopic (exact) mass is 264 g/mol. The van der Waals surface area contributed by atoms with Crippen molar-refractivity contribution in [2.45, 2.75) is 37.5 Å². The van der Waals surface area contributed by atoms with Crippen LogP contribution in [0.3, 0.4) is 0 Å². The van der Waals surface area contributed by atoms with Gasteiger partial charge in [-0.25, -0.2) is 4.40 Å². The summed E-state index contributed by atoms with van der Waals surface area (Å²) in [4.78, 5) is 11.1. The Bertz CT molecular complexity index is 464. The summed E-state index contributed by atoms with van der Waals surface area (Å²) in [5.41, 5.74) is 1.31. The number of nitrogens with zero attached hydrogens (tertiary/aromatic N) is 2. The van der Waals surface area contributed by atoms with E-state index < -0.39 is 0 Å². The number of para-hydroxylation sites is 1. The number of hydrogen-bond donors (Lipinski definition) is 0. The minimum absolute atomic E-state index is 0.135. The van der Waals surface area contributed by atoms with Crippen LogP contribution in [-0.2, 0) is 0 Å². The summed E-state index contributed by atoms with van der Waals surface area (Å²) in [5, 5.41) is 10.9. The van der Waals surface area contributed by atoms with Crippen LogP contribution >= 0.6 is 11.9 Å². The molecule has 0 saturated heterocycles. The Hall–Kier alpha value is -1.36. The second-order valence-electron chi connectivity index (χ2n) is 4.66. The lowest BCUT2D eigenvalue weighted by Gasteiger charge is -2.18. The zero-order valence-electron chi connectivity index (χ0n) is 10.3. The van der Waals surface area contributed by atoms with Crippen molar-refractivity contribution in [2.75, 3.05) is 0 Å². The Morgan fingerprint density at radius 1 is 1.33 bits per heavy atom. The minimum atomic E-state index is -0.356. The fourth-order valence-corrected chi connectivity index (χ4v) is 2.77. The Balaban J connectivity index is 2.06. The molecule has 96 valence electrons. The van der Waals surface area contributed by atoms with E-state index in [4.69, 9.17) is 0 Å². The highest BCUT2D eigenvalue weighted by molar-refractivity contribution is 7.98. The third-order valence-corrected chi connectivity index (χ3v) is 4.08. The van der Waals surface area contributed by atoms with Gasteiger partial charge in [-0.05, 0) is 37.7 Å². The molecule has 0 spiro atoms. The van der Waals surface area contributed by atoms with Crippen LogP contribution < -0.4 is 0 Å². The van der Waals surface area contributed by atoms with Gasteiger partial charge in [0.2, 0.25) is 0 Å². The summed E-state index contributed by atoms with van der Waals surface area (Å²) in [5.74, 6) is 0.778. The number of nitro benzene ring substituents is 1. The smallest absolute Gasteiger partial charge is 0.258 e. The van der Waals surface area contributed by atoms with Crippen LogP contribution in [-0.4, -0.2) is 10.6 Å². The molecule has 0 atom stereocenters. The average Bonchev–Trinajstić information content (AvgIpc) is 2.38. The fraction of sp³-hybridized carbons (Fsp3) is 0.462. The van der Waals surface area contributed by atoms with Gasteiger partial charge in [0.05, 0.1) is 4.92 Å². The van der Waals surface area contributed by atoms with Gasteiger partial charge in [-0.15, -0.1) is 0 Å². The molecule has 4 nitrogen and oxygen atoms in total. The van der Waals surface area contributed by atoms with Crippen molar-refractivity contribution < 1.29 is 4.92 Å². The normalized spacial score (nSPS) is 19.6. The Kier molecular flexibility index (Phi) is 4.36. The molecule has 1 aliphatic rings. The molecule has 18 heavy (non-hydrogen) atoms. The van der Waals surface area contributed by atoms with Crippen LogP contribution in [0.5, 0.6) is 0 Å². The standard InChI is InChI=1S/C13H16N2O2S/c1-10-6-8-11(9-7-10)14-18-13-5-3-2-4-12(13)15(16)17/h2-5,10H,6-9H2,1H3. The molecular formula is C13H16N2O2S. The predicted octanol–water partition coefficient (Wildman–Crippen LogP) is 4.25. The Morgan fingerprint density at radius 3 is 2.67 bits per heavy atom. The molecule has 0 aromatic heterocycles. The number of rotatable bonds is 3. The molecule has 0 N–H and O–H groups in total. The summed E-state index contributed by atoms with van der Waals surface area (Å²) in [6, 6.07) is 6.75. The Labute approximate surface area is 111 Å². The molecular weight excluding hydrogens is 248 g/mol. The van der Waals surface area contributed by atoms with Crippen LogP contribution in [0.4, 0.5) is 5.69 Å². The van der Waals surface area contributed by atoms with Gasteiger partial charge in [0.15, 0.2) is 0 Å². The van der Waals surface area contributed by atoms with E-state index in [-0.39, 0.29) is 10.6 Å². The molecule has 0 unspecified atom stereocenters. The van der Waals surface area contributed by atoms with E-state index in [9.17, 15) is 10.1 Å². The maximum absolute atomic E-state index is 10.9.